The molecular weight excluding hydrogens is 212 g/mol. The average molecular weight is 238 g/mol. The number of hydrogen-bond donors (Lipinski definition) is 1. The molecule has 0 aliphatic rings. The first-order valence-electron chi connectivity index (χ1n) is 6.45. The Hall–Kier alpha value is -0.990. The third-order valence-corrected chi connectivity index (χ3v) is 2.78. The van der Waals surface area contributed by atoms with Gasteiger partial charge in [0, 0.05) is 5.56 Å². The zero-order chi connectivity index (χ0) is 13.4. The highest BCUT2D eigenvalue weighted by Crippen LogP contribution is 2.32. The highest BCUT2D eigenvalue weighted by molar-refractivity contribution is 5.33. The minimum atomic E-state index is -0.178. The Bertz CT molecular complexity index is 384. The molecule has 0 radical (unpaired) electrons. The lowest BCUT2D eigenvalue weighted by atomic mass is 9.98. The Kier molecular flexibility index (Phi) is 3.90. The maximum atomic E-state index is 10.3. The molecule has 0 unspecified atom stereocenters. The third-order valence-electron chi connectivity index (χ3n) is 2.78. The van der Waals surface area contributed by atoms with E-state index in [9.17, 15) is 5.11 Å². The summed E-state index contributed by atoms with van der Waals surface area (Å²) in [5, 5.41) is 14.9. The molecule has 0 aliphatic carbocycles. The maximum Gasteiger partial charge on any atom is 0.213 e. The summed E-state index contributed by atoms with van der Waals surface area (Å²) >= 11 is 0. The molecule has 98 valence electrons. The molecule has 1 aromatic rings. The van der Waals surface area contributed by atoms with Gasteiger partial charge >= 0.3 is 0 Å². The topological polar surface area (TPSA) is 38.0 Å². The Morgan fingerprint density at radius 3 is 2.06 bits per heavy atom. The first-order valence-corrected chi connectivity index (χ1v) is 6.45. The molecule has 1 heterocycles. The molecule has 0 aliphatic heterocycles. The van der Waals surface area contributed by atoms with Crippen LogP contribution < -0.4 is 0 Å². The molecule has 0 saturated heterocycles. The molecule has 17 heavy (non-hydrogen) atoms. The maximum absolute atomic E-state index is 10.3. The van der Waals surface area contributed by atoms with Crippen molar-refractivity contribution in [2.24, 2.45) is 5.92 Å². The summed E-state index contributed by atoms with van der Waals surface area (Å²) in [5.74, 6) is 1.21. The van der Waals surface area contributed by atoms with Crippen LogP contribution in [0, 0.1) is 5.92 Å². The predicted molar refractivity (Wildman–Crippen MR) is 71.5 cm³/mol. The monoisotopic (exact) mass is 238 g/mol. The number of hydrogen-bond acceptors (Lipinski definition) is 2. The molecule has 1 N–H and O–H groups in total. The summed E-state index contributed by atoms with van der Waals surface area (Å²) in [4.78, 5) is 0. The van der Waals surface area contributed by atoms with Crippen LogP contribution in [0.25, 0.3) is 0 Å². The second kappa shape index (κ2) is 4.71. The van der Waals surface area contributed by atoms with Crippen molar-refractivity contribution in [3.63, 3.8) is 0 Å². The zero-order valence-electron chi connectivity index (χ0n) is 12.2. The zero-order valence-corrected chi connectivity index (χ0v) is 12.2. The lowest BCUT2D eigenvalue weighted by Gasteiger charge is -2.20. The number of aromatic hydroxyl groups is 1. The van der Waals surface area contributed by atoms with Crippen LogP contribution in [0.4, 0.5) is 0 Å². The first kappa shape index (κ1) is 14.1. The Balaban J connectivity index is 3.30. The van der Waals surface area contributed by atoms with Gasteiger partial charge < -0.3 is 5.11 Å². The van der Waals surface area contributed by atoms with Crippen molar-refractivity contribution in [1.29, 1.82) is 0 Å². The summed E-state index contributed by atoms with van der Waals surface area (Å²) < 4.78 is 1.75. The van der Waals surface area contributed by atoms with Gasteiger partial charge in [0.2, 0.25) is 5.88 Å². The van der Waals surface area contributed by atoms with Crippen molar-refractivity contribution in [2.75, 3.05) is 0 Å². The fourth-order valence-corrected chi connectivity index (χ4v) is 1.99. The molecule has 0 atom stereocenters. The molecule has 0 saturated carbocycles. The molecule has 0 aromatic carbocycles. The minimum absolute atomic E-state index is 0.178. The van der Waals surface area contributed by atoms with Gasteiger partial charge in [-0.25, -0.2) is 4.68 Å². The van der Waals surface area contributed by atoms with Crippen LogP contribution >= 0.6 is 0 Å². The van der Waals surface area contributed by atoms with E-state index in [4.69, 9.17) is 0 Å². The highest BCUT2D eigenvalue weighted by Gasteiger charge is 2.26. The molecule has 0 spiro atoms. The first-order chi connectivity index (χ1) is 7.64. The van der Waals surface area contributed by atoms with E-state index in [-0.39, 0.29) is 5.54 Å². The quantitative estimate of drug-likeness (QED) is 0.872. The second-order valence-corrected chi connectivity index (χ2v) is 6.52. The molecule has 0 bridgehead atoms. The van der Waals surface area contributed by atoms with Crippen LogP contribution in [-0.4, -0.2) is 14.9 Å². The summed E-state index contributed by atoms with van der Waals surface area (Å²) in [6, 6.07) is 0. The van der Waals surface area contributed by atoms with Crippen LogP contribution in [0.2, 0.25) is 0 Å². The summed E-state index contributed by atoms with van der Waals surface area (Å²) in [7, 11) is 0. The molecule has 0 amide bonds. The van der Waals surface area contributed by atoms with Crippen molar-refractivity contribution in [2.45, 2.75) is 66.3 Å². The van der Waals surface area contributed by atoms with Crippen molar-refractivity contribution < 1.29 is 5.11 Å². The molecule has 3 heteroatoms. The lowest BCUT2D eigenvalue weighted by molar-refractivity contribution is 0.291. The SMILES string of the molecule is CC(C)Cc1c(C(C)C)nn(C(C)(C)C)c1O. The van der Waals surface area contributed by atoms with Gasteiger partial charge in [0.25, 0.3) is 0 Å². The predicted octanol–water partition coefficient (Wildman–Crippen LogP) is 3.67. The summed E-state index contributed by atoms with van der Waals surface area (Å²) in [6.45, 7) is 14.8. The van der Waals surface area contributed by atoms with Crippen LogP contribution in [0.15, 0.2) is 0 Å². The van der Waals surface area contributed by atoms with Crippen molar-refractivity contribution in [3.8, 4) is 5.88 Å². The van der Waals surface area contributed by atoms with E-state index < -0.39 is 0 Å². The lowest BCUT2D eigenvalue weighted by Crippen LogP contribution is -2.22. The van der Waals surface area contributed by atoms with Gasteiger partial charge in [0.05, 0.1) is 11.2 Å². The van der Waals surface area contributed by atoms with E-state index >= 15 is 0 Å². The van der Waals surface area contributed by atoms with Gasteiger partial charge in [-0.05, 0) is 39.0 Å². The fourth-order valence-electron chi connectivity index (χ4n) is 1.99. The van der Waals surface area contributed by atoms with E-state index in [1.807, 2.05) is 0 Å². The third kappa shape index (κ3) is 3.02. The van der Waals surface area contributed by atoms with Gasteiger partial charge in [0.1, 0.15) is 0 Å². The van der Waals surface area contributed by atoms with E-state index in [0.29, 0.717) is 17.7 Å². The summed E-state index contributed by atoms with van der Waals surface area (Å²) in [6.07, 6.45) is 0.884. The van der Waals surface area contributed by atoms with E-state index in [1.54, 1.807) is 4.68 Å². The molecular formula is C14H26N2O. The van der Waals surface area contributed by atoms with Crippen molar-refractivity contribution in [3.05, 3.63) is 11.3 Å². The van der Waals surface area contributed by atoms with Gasteiger partial charge in [-0.3, -0.25) is 0 Å². The number of aromatic nitrogens is 2. The van der Waals surface area contributed by atoms with Gasteiger partial charge in [-0.1, -0.05) is 27.7 Å². The molecule has 3 nitrogen and oxygen atoms in total. The van der Waals surface area contributed by atoms with Crippen LogP contribution in [0.1, 0.15) is 65.6 Å². The second-order valence-electron chi connectivity index (χ2n) is 6.52. The number of nitrogens with zero attached hydrogens (tertiary/aromatic N) is 2. The van der Waals surface area contributed by atoms with Gasteiger partial charge in [0.15, 0.2) is 0 Å². The van der Waals surface area contributed by atoms with Crippen molar-refractivity contribution in [1.82, 2.24) is 9.78 Å². The van der Waals surface area contributed by atoms with Crippen LogP contribution in [-0.2, 0) is 12.0 Å². The van der Waals surface area contributed by atoms with Gasteiger partial charge in [-0.2, -0.15) is 5.10 Å². The molecule has 1 rings (SSSR count). The Morgan fingerprint density at radius 2 is 1.71 bits per heavy atom. The van der Waals surface area contributed by atoms with Gasteiger partial charge in [-0.15, -0.1) is 0 Å². The summed E-state index contributed by atoms with van der Waals surface area (Å²) in [5.41, 5.74) is 1.87. The fraction of sp³-hybridized carbons (Fsp3) is 0.786. The average Bonchev–Trinajstić information content (AvgIpc) is 2.42. The Labute approximate surface area is 105 Å². The van der Waals surface area contributed by atoms with Crippen LogP contribution in [0.3, 0.4) is 0 Å². The number of rotatable bonds is 3. The smallest absolute Gasteiger partial charge is 0.213 e. The minimum Gasteiger partial charge on any atom is -0.493 e. The normalized spacial score (nSPS) is 12.8. The van der Waals surface area contributed by atoms with E-state index in [0.717, 1.165) is 17.7 Å². The van der Waals surface area contributed by atoms with E-state index in [1.165, 1.54) is 0 Å². The molecule has 0 fully saturated rings. The largest absolute Gasteiger partial charge is 0.493 e. The highest BCUT2D eigenvalue weighted by atomic mass is 16.3. The van der Waals surface area contributed by atoms with Crippen LogP contribution in [0.5, 0.6) is 5.88 Å². The Morgan fingerprint density at radius 1 is 1.18 bits per heavy atom. The van der Waals surface area contributed by atoms with Crippen molar-refractivity contribution >= 4 is 0 Å². The van der Waals surface area contributed by atoms with E-state index in [2.05, 4.69) is 53.6 Å². The standard InChI is InChI=1S/C14H26N2O/c1-9(2)8-11-12(10(3)4)15-16(13(11)17)14(5,6)7/h9-10,17H,8H2,1-7H3. The molecule has 1 aromatic heterocycles.